The lowest BCUT2D eigenvalue weighted by Crippen LogP contribution is -2.10. The molecule has 0 bridgehead atoms. The smallest absolute Gasteiger partial charge is 0.0289 e. The molecule has 0 saturated heterocycles. The van der Waals surface area contributed by atoms with E-state index < -0.39 is 0 Å². The maximum Gasteiger partial charge on any atom is -0.0289 e. The molecule has 0 amide bonds. The van der Waals surface area contributed by atoms with E-state index in [9.17, 15) is 0 Å². The fourth-order valence-corrected chi connectivity index (χ4v) is 4.22. The van der Waals surface area contributed by atoms with E-state index in [0.717, 1.165) is 23.2 Å². The Morgan fingerprint density at radius 2 is 1.88 bits per heavy atom. The first kappa shape index (κ1) is 12.5. The molecule has 2 rings (SSSR count). The van der Waals surface area contributed by atoms with Crippen molar-refractivity contribution < 1.29 is 0 Å². The average molecular weight is 222 g/mol. The van der Waals surface area contributed by atoms with Crippen LogP contribution in [0.1, 0.15) is 78.6 Å². The lowest BCUT2D eigenvalue weighted by atomic mass is 9.86. The van der Waals surface area contributed by atoms with Gasteiger partial charge in [-0.1, -0.05) is 65.7 Å². The van der Waals surface area contributed by atoms with E-state index in [2.05, 4.69) is 20.8 Å². The Morgan fingerprint density at radius 1 is 1.12 bits per heavy atom. The molecular weight excluding hydrogens is 192 g/mol. The van der Waals surface area contributed by atoms with Crippen molar-refractivity contribution in [2.45, 2.75) is 78.6 Å². The third-order valence-corrected chi connectivity index (χ3v) is 5.26. The Labute approximate surface area is 102 Å². The quantitative estimate of drug-likeness (QED) is 0.598. The molecule has 0 nitrogen and oxygen atoms in total. The molecule has 0 aromatic carbocycles. The van der Waals surface area contributed by atoms with Gasteiger partial charge in [-0.05, 0) is 36.0 Å². The summed E-state index contributed by atoms with van der Waals surface area (Å²) in [4.78, 5) is 0. The molecule has 0 aliphatic heterocycles. The summed E-state index contributed by atoms with van der Waals surface area (Å²) >= 11 is 0. The average Bonchev–Trinajstić information content (AvgIpc) is 2.87. The van der Waals surface area contributed by atoms with Crippen molar-refractivity contribution in [1.29, 1.82) is 0 Å². The molecule has 2 aliphatic carbocycles. The van der Waals surface area contributed by atoms with Gasteiger partial charge in [-0.25, -0.2) is 0 Å². The fraction of sp³-hybridized carbons (Fsp3) is 1.00. The van der Waals surface area contributed by atoms with Gasteiger partial charge in [0.25, 0.3) is 0 Å². The summed E-state index contributed by atoms with van der Waals surface area (Å²) in [6.45, 7) is 7.38. The SMILES string of the molecule is CCCCC1CCCCC(C)CC2(C)CC12. The van der Waals surface area contributed by atoms with Crippen LogP contribution in [-0.2, 0) is 0 Å². The molecule has 0 heterocycles. The number of hydrogen-bond acceptors (Lipinski definition) is 0. The summed E-state index contributed by atoms with van der Waals surface area (Å²) in [7, 11) is 0. The Bertz CT molecular complexity index is 220. The van der Waals surface area contributed by atoms with E-state index in [1.165, 1.54) is 51.4 Å². The van der Waals surface area contributed by atoms with Crippen molar-refractivity contribution in [3.63, 3.8) is 0 Å². The topological polar surface area (TPSA) is 0 Å². The van der Waals surface area contributed by atoms with Crippen molar-refractivity contribution in [2.24, 2.45) is 23.2 Å². The molecule has 0 heteroatoms. The predicted octanol–water partition coefficient (Wildman–Crippen LogP) is 5.42. The van der Waals surface area contributed by atoms with E-state index in [1.807, 2.05) is 0 Å². The van der Waals surface area contributed by atoms with Crippen LogP contribution >= 0.6 is 0 Å². The molecule has 2 saturated carbocycles. The van der Waals surface area contributed by atoms with Gasteiger partial charge < -0.3 is 0 Å². The standard InChI is InChI=1S/C16H30/c1-4-5-9-14-10-7-6-8-13(2)11-16(3)12-15(14)16/h13-15H,4-12H2,1-3H3. The third-order valence-electron chi connectivity index (χ3n) is 5.26. The highest BCUT2D eigenvalue weighted by Gasteiger charge is 2.53. The molecule has 0 aromatic heterocycles. The highest BCUT2D eigenvalue weighted by molar-refractivity contribution is 5.02. The summed E-state index contributed by atoms with van der Waals surface area (Å²) in [6, 6.07) is 0. The minimum Gasteiger partial charge on any atom is -0.0654 e. The van der Waals surface area contributed by atoms with Crippen molar-refractivity contribution in [1.82, 2.24) is 0 Å². The second kappa shape index (κ2) is 5.10. The fourth-order valence-electron chi connectivity index (χ4n) is 4.22. The Balaban J connectivity index is 1.93. The number of unbranched alkanes of at least 4 members (excludes halogenated alkanes) is 1. The van der Waals surface area contributed by atoms with E-state index >= 15 is 0 Å². The van der Waals surface area contributed by atoms with Gasteiger partial charge in [0.2, 0.25) is 0 Å². The molecule has 4 atom stereocenters. The maximum absolute atomic E-state index is 2.57. The highest BCUT2D eigenvalue weighted by Crippen LogP contribution is 2.62. The molecule has 94 valence electrons. The van der Waals surface area contributed by atoms with Crippen LogP contribution in [-0.4, -0.2) is 0 Å². The normalized spacial score (nSPS) is 44.1. The second-order valence-electron chi connectivity index (χ2n) is 6.96. The maximum atomic E-state index is 2.57. The summed E-state index contributed by atoms with van der Waals surface area (Å²) in [5.41, 5.74) is 0.752. The molecule has 0 aromatic rings. The summed E-state index contributed by atoms with van der Waals surface area (Å²) < 4.78 is 0. The first-order valence-electron chi connectivity index (χ1n) is 7.65. The van der Waals surface area contributed by atoms with Crippen LogP contribution in [0.5, 0.6) is 0 Å². The van der Waals surface area contributed by atoms with Crippen LogP contribution in [0.3, 0.4) is 0 Å². The van der Waals surface area contributed by atoms with E-state index in [-0.39, 0.29) is 0 Å². The van der Waals surface area contributed by atoms with Crippen LogP contribution in [0.2, 0.25) is 0 Å². The first-order chi connectivity index (χ1) is 7.65. The van der Waals surface area contributed by atoms with E-state index in [1.54, 1.807) is 6.42 Å². The zero-order chi connectivity index (χ0) is 11.6. The van der Waals surface area contributed by atoms with E-state index in [0.29, 0.717) is 0 Å². The van der Waals surface area contributed by atoms with Crippen molar-refractivity contribution in [3.05, 3.63) is 0 Å². The van der Waals surface area contributed by atoms with Gasteiger partial charge in [-0.15, -0.1) is 0 Å². The Morgan fingerprint density at radius 3 is 2.62 bits per heavy atom. The highest BCUT2D eigenvalue weighted by atomic mass is 14.6. The summed E-state index contributed by atoms with van der Waals surface area (Å²) in [5.74, 6) is 3.16. The Kier molecular flexibility index (Phi) is 3.97. The first-order valence-corrected chi connectivity index (χ1v) is 7.65. The minimum absolute atomic E-state index is 0.752. The molecule has 2 aliphatic rings. The third kappa shape index (κ3) is 2.81. The second-order valence-corrected chi connectivity index (χ2v) is 6.96. The Hall–Kier alpha value is 0. The lowest BCUT2D eigenvalue weighted by Gasteiger charge is -2.20. The minimum atomic E-state index is 0.752. The van der Waals surface area contributed by atoms with Gasteiger partial charge in [-0.2, -0.15) is 0 Å². The largest absolute Gasteiger partial charge is 0.0654 e. The summed E-state index contributed by atoms with van der Waals surface area (Å²) in [6.07, 6.45) is 13.5. The van der Waals surface area contributed by atoms with Gasteiger partial charge in [0, 0.05) is 0 Å². The monoisotopic (exact) mass is 222 g/mol. The molecule has 16 heavy (non-hydrogen) atoms. The van der Waals surface area contributed by atoms with Crippen molar-refractivity contribution >= 4 is 0 Å². The van der Waals surface area contributed by atoms with Gasteiger partial charge in [0.15, 0.2) is 0 Å². The number of rotatable bonds is 3. The van der Waals surface area contributed by atoms with Crippen LogP contribution in [0.4, 0.5) is 0 Å². The van der Waals surface area contributed by atoms with Crippen LogP contribution < -0.4 is 0 Å². The van der Waals surface area contributed by atoms with Gasteiger partial charge in [0.05, 0.1) is 0 Å². The van der Waals surface area contributed by atoms with Gasteiger partial charge in [-0.3, -0.25) is 0 Å². The molecule has 0 radical (unpaired) electrons. The molecule has 2 fully saturated rings. The molecule has 0 spiro atoms. The van der Waals surface area contributed by atoms with E-state index in [4.69, 9.17) is 0 Å². The zero-order valence-corrected chi connectivity index (χ0v) is 11.6. The zero-order valence-electron chi connectivity index (χ0n) is 11.6. The van der Waals surface area contributed by atoms with Crippen LogP contribution in [0.25, 0.3) is 0 Å². The van der Waals surface area contributed by atoms with Crippen molar-refractivity contribution in [3.8, 4) is 0 Å². The molecule has 4 unspecified atom stereocenters. The number of hydrogen-bond donors (Lipinski definition) is 0. The number of fused-ring (bicyclic) bond motifs is 1. The summed E-state index contributed by atoms with van der Waals surface area (Å²) in [5, 5.41) is 0. The van der Waals surface area contributed by atoms with Crippen molar-refractivity contribution in [2.75, 3.05) is 0 Å². The molecular formula is C16H30. The van der Waals surface area contributed by atoms with Gasteiger partial charge >= 0.3 is 0 Å². The van der Waals surface area contributed by atoms with Crippen LogP contribution in [0, 0.1) is 23.2 Å². The van der Waals surface area contributed by atoms with Gasteiger partial charge in [0.1, 0.15) is 0 Å². The van der Waals surface area contributed by atoms with Crippen LogP contribution in [0.15, 0.2) is 0 Å². The predicted molar refractivity (Wildman–Crippen MR) is 71.5 cm³/mol. The lowest BCUT2D eigenvalue weighted by molar-refractivity contribution is 0.304. The molecule has 0 N–H and O–H groups in total.